The Morgan fingerprint density at radius 1 is 0.495 bits per heavy atom. The molecule has 0 amide bonds. The van der Waals surface area contributed by atoms with Crippen molar-refractivity contribution in [3.8, 4) is 0 Å². The van der Waals surface area contributed by atoms with Crippen LogP contribution in [-0.4, -0.2) is 272 Å². The summed E-state index contributed by atoms with van der Waals surface area (Å²) >= 11 is 5.50. The van der Waals surface area contributed by atoms with Crippen molar-refractivity contribution in [2.24, 2.45) is 17.8 Å². The number of allylic oxidation sites excluding steroid dienone is 4. The lowest BCUT2D eigenvalue weighted by Crippen LogP contribution is -2.61. The van der Waals surface area contributed by atoms with E-state index in [1.807, 2.05) is 6.08 Å². The van der Waals surface area contributed by atoms with Crippen molar-refractivity contribution in [1.29, 1.82) is 0 Å². The molecule has 0 spiro atoms. The normalized spacial score (nSPS) is 28.0. The number of aliphatic hydroxyl groups excluding tert-OH is 22. The van der Waals surface area contributed by atoms with Gasteiger partial charge in [-0.05, 0) is 139 Å². The summed E-state index contributed by atoms with van der Waals surface area (Å²) in [5, 5.41) is 235. The fraction of sp³-hybridized carbons (Fsp3) is 0.853. The van der Waals surface area contributed by atoms with Crippen molar-refractivity contribution in [2.45, 2.75) is 340 Å². The molecule has 28 atom stereocenters. The largest absolute Gasteiger partial charge is 0.394 e. The molecule has 0 aromatic carbocycles. The van der Waals surface area contributed by atoms with E-state index in [1.165, 1.54) is 11.6 Å². The smallest absolute Gasteiger partial charge is 0.115 e. The van der Waals surface area contributed by atoms with E-state index in [9.17, 15) is 107 Å². The fourth-order valence-electron chi connectivity index (χ4n) is 12.2. The van der Waals surface area contributed by atoms with E-state index in [0.29, 0.717) is 44.9 Å². The highest BCUT2D eigenvalue weighted by Crippen LogP contribution is 2.33. The Hall–Kier alpha value is -1.97. The maximum absolute atomic E-state index is 11.2. The molecule has 22 N–H and O–H groups in total. The zero-order chi connectivity index (χ0) is 69.9. The lowest BCUT2D eigenvalue weighted by atomic mass is 9.85. The topological polar surface area (TPSA) is 464 Å². The van der Waals surface area contributed by atoms with Crippen molar-refractivity contribution >= 4 is 11.6 Å². The number of ether oxygens (including phenoxy) is 2. The summed E-state index contributed by atoms with van der Waals surface area (Å²) in [6.07, 6.45) is -12.4. The van der Waals surface area contributed by atoms with E-state index >= 15 is 0 Å². The molecule has 0 bridgehead atoms. The van der Waals surface area contributed by atoms with E-state index < -0.39 is 177 Å². The van der Waals surface area contributed by atoms with Crippen LogP contribution < -0.4 is 0 Å². The van der Waals surface area contributed by atoms with Gasteiger partial charge in [0.15, 0.2) is 0 Å². The molecule has 2 heterocycles. The Morgan fingerprint density at radius 3 is 1.70 bits per heavy atom. The summed E-state index contributed by atoms with van der Waals surface area (Å²) in [7, 11) is 0. The van der Waals surface area contributed by atoms with Crippen LogP contribution in [0.25, 0.3) is 0 Å². The highest BCUT2D eigenvalue weighted by molar-refractivity contribution is 6.25. The van der Waals surface area contributed by atoms with Crippen LogP contribution >= 0.6 is 11.6 Å². The molecule has 0 unspecified atom stereocenters. The van der Waals surface area contributed by atoms with Crippen molar-refractivity contribution in [3.63, 3.8) is 0 Å². The van der Waals surface area contributed by atoms with Gasteiger partial charge in [-0.2, -0.15) is 0 Å². The maximum atomic E-state index is 11.2. The zero-order valence-corrected chi connectivity index (χ0v) is 55.9. The summed E-state index contributed by atoms with van der Waals surface area (Å²) in [6, 6.07) is 0. The van der Waals surface area contributed by atoms with E-state index in [1.54, 1.807) is 45.1 Å². The van der Waals surface area contributed by atoms with E-state index in [2.05, 4.69) is 12.7 Å². The van der Waals surface area contributed by atoms with Gasteiger partial charge in [0.1, 0.15) is 67.1 Å². The summed E-state index contributed by atoms with van der Waals surface area (Å²) < 4.78 is 11.6. The third kappa shape index (κ3) is 32.7. The molecule has 2 aliphatic heterocycles. The second-order valence-electron chi connectivity index (χ2n) is 26.8. The van der Waals surface area contributed by atoms with Gasteiger partial charge in [0.25, 0.3) is 0 Å². The molecule has 24 nitrogen and oxygen atoms in total. The molecule has 2 saturated heterocycles. The monoisotopic (exact) mass is 1360 g/mol. The van der Waals surface area contributed by atoms with Crippen LogP contribution in [0.1, 0.15) is 188 Å². The van der Waals surface area contributed by atoms with Crippen LogP contribution in [0.15, 0.2) is 60.2 Å². The quantitative estimate of drug-likeness (QED) is 0.0230. The van der Waals surface area contributed by atoms with Gasteiger partial charge in [0.05, 0.1) is 92.1 Å². The SMILES string of the molecule is C=C(CC[C@@H](O)[C@H]1O[C@@H](C[C@@H](O)[C@@H](O)[C@H](C)CCC[C@H](O)[C@H](O)[C@H](O)[C@H](C)CC[C@H](O)[C@H](O)[C@H](C)C[C@H](O)CCC[C@H](O)CCC[C@@H](O)/C=C\C[C@H](O)CO)[C@H](O)[C@@H](O)[C@@H]1O)[C@H](O)[C@H](O)[C@H]1C[C@@H](O)[C@H](O)[C@@H]([C@H](O)[C@@H](O)/C=C\CCCCCCCCC/C=C\C=C\Cl)O1. The Bertz CT molecular complexity index is 2040. The Labute approximate surface area is 556 Å². The van der Waals surface area contributed by atoms with Gasteiger partial charge in [0, 0.05) is 18.4 Å². The molecule has 2 aliphatic rings. The minimum atomic E-state index is -1.87. The van der Waals surface area contributed by atoms with E-state index in [-0.39, 0.29) is 76.4 Å². The van der Waals surface area contributed by atoms with Crippen molar-refractivity contribution < 1.29 is 122 Å². The van der Waals surface area contributed by atoms with Crippen LogP contribution in [0.3, 0.4) is 0 Å². The Balaban J connectivity index is 1.79. The average molecular weight is 1360 g/mol. The van der Waals surface area contributed by atoms with Crippen molar-refractivity contribution in [1.82, 2.24) is 0 Å². The van der Waals surface area contributed by atoms with Gasteiger partial charge >= 0.3 is 0 Å². The van der Waals surface area contributed by atoms with Crippen LogP contribution in [0.5, 0.6) is 0 Å². The van der Waals surface area contributed by atoms with E-state index in [4.69, 9.17) is 26.2 Å². The van der Waals surface area contributed by atoms with Gasteiger partial charge < -0.3 is 122 Å². The van der Waals surface area contributed by atoms with Crippen LogP contribution in [0.2, 0.25) is 0 Å². The number of aliphatic hydroxyl groups is 22. The molecule has 0 aliphatic carbocycles. The highest BCUT2D eigenvalue weighted by Gasteiger charge is 2.49. The predicted octanol–water partition coefficient (Wildman–Crippen LogP) is 1.12. The van der Waals surface area contributed by atoms with Gasteiger partial charge in [-0.25, -0.2) is 0 Å². The number of rotatable bonds is 51. The number of hydrogen-bond donors (Lipinski definition) is 22. The van der Waals surface area contributed by atoms with Crippen LogP contribution in [0.4, 0.5) is 0 Å². The number of unbranched alkanes of at least 4 members (excludes halogenated alkanes) is 8. The lowest BCUT2D eigenvalue weighted by Gasteiger charge is -2.43. The summed E-state index contributed by atoms with van der Waals surface area (Å²) in [5.41, 5.74) is 1.42. The predicted molar refractivity (Wildman–Crippen MR) is 350 cm³/mol. The van der Waals surface area contributed by atoms with E-state index in [0.717, 1.165) is 51.4 Å². The summed E-state index contributed by atoms with van der Waals surface area (Å²) in [6.45, 7) is 8.35. The lowest BCUT2D eigenvalue weighted by molar-refractivity contribution is -0.250. The average Bonchev–Trinajstić information content (AvgIpc) is 0.823. The second-order valence-corrected chi connectivity index (χ2v) is 27.0. The van der Waals surface area contributed by atoms with Gasteiger partial charge in [-0.3, -0.25) is 0 Å². The fourth-order valence-corrected chi connectivity index (χ4v) is 12.3. The first kappa shape index (κ1) is 87.1. The Morgan fingerprint density at radius 2 is 1.06 bits per heavy atom. The molecule has 546 valence electrons. The van der Waals surface area contributed by atoms with Crippen LogP contribution in [0, 0.1) is 17.8 Å². The van der Waals surface area contributed by atoms with Crippen molar-refractivity contribution in [2.75, 3.05) is 6.61 Å². The molecule has 0 saturated carbocycles. The minimum Gasteiger partial charge on any atom is -0.394 e. The minimum absolute atomic E-state index is 0.0252. The Kier molecular flexibility index (Phi) is 44.9. The first-order valence-corrected chi connectivity index (χ1v) is 34.6. The first-order valence-electron chi connectivity index (χ1n) is 34.1. The van der Waals surface area contributed by atoms with Crippen LogP contribution in [-0.2, 0) is 9.47 Å². The first-order chi connectivity index (χ1) is 44.0. The summed E-state index contributed by atoms with van der Waals surface area (Å²) in [4.78, 5) is 0. The van der Waals surface area contributed by atoms with Gasteiger partial charge in [-0.1, -0.05) is 120 Å². The third-order valence-electron chi connectivity index (χ3n) is 18.7. The number of hydrogen-bond acceptors (Lipinski definition) is 24. The molecule has 25 heteroatoms. The standard InChI is InChI=1S/C68H123ClO24/c1-40(22-18-30-48(75)60(85)58(83)41(2)31-33-50(77)57(82)43(4)36-46(73)27-20-25-44(71)23-19-24-45(72)26-21-28-47(74)39-70)56(81)52(79)37-55-64(89)65(90)66(91)67(92-55)51(78)34-32-42(3)59(84)63(88)54-38-53(80)62(87)68(93-54)61(86)49(76)29-16-14-12-10-8-6-5-7-9-11-13-15-17-35-69/h13,15-17,21,26,29,35,40-41,43-68,70-91H,3,5-12,14,18-20,22-25,27-28,30-34,36-39H2,1-2,4H3/b15-13-,26-21-,29-16-,35-17+/t40-,41-,43-,44-,45-,46-,47+,48+,49+,50+,51-,52-,53-,54-,55+,56+,57-,58-,59+,60+,61-,62+,63-,64+,65-,66+,67-,68-/m1/s1. The molecular formula is C68H123ClO24. The summed E-state index contributed by atoms with van der Waals surface area (Å²) in [5.74, 6) is -1.79. The maximum Gasteiger partial charge on any atom is 0.115 e. The molecule has 0 radical (unpaired) electrons. The second kappa shape index (κ2) is 47.9. The third-order valence-corrected chi connectivity index (χ3v) is 18.8. The van der Waals surface area contributed by atoms with Crippen molar-refractivity contribution in [3.05, 3.63) is 60.2 Å². The molecule has 2 rings (SSSR count). The highest BCUT2D eigenvalue weighted by atomic mass is 35.5. The molecule has 0 aromatic rings. The zero-order valence-electron chi connectivity index (χ0n) is 55.1. The molecule has 93 heavy (non-hydrogen) atoms. The van der Waals surface area contributed by atoms with Gasteiger partial charge in [0.2, 0.25) is 0 Å². The molecule has 2 fully saturated rings. The molecular weight excluding hydrogens is 1240 g/mol. The van der Waals surface area contributed by atoms with Gasteiger partial charge in [-0.15, -0.1) is 0 Å². The molecule has 0 aromatic heterocycles. The number of halogens is 1.